The number of rotatable bonds is 5. The number of hydrogen-bond donors (Lipinski definition) is 1. The third-order valence-electron chi connectivity index (χ3n) is 5.97. The molecule has 1 amide bonds. The standard InChI is InChI=1S/C23H24F2N4O/c24-20-6-5-16(11-21(20)25)12-23(30)27-18-14-29(15-18)19-7-9-28(10-8-19)22-4-2-1-3-17(22)13-26/h1-6,11,18-19H,7-10,12,14-15H2,(H,27,30). The van der Waals surface area contributed by atoms with Crippen LogP contribution in [-0.4, -0.2) is 49.1 Å². The topological polar surface area (TPSA) is 59.4 Å². The van der Waals surface area contributed by atoms with Crippen LogP contribution in [-0.2, 0) is 11.2 Å². The Morgan fingerprint density at radius 2 is 1.83 bits per heavy atom. The van der Waals surface area contributed by atoms with Gasteiger partial charge in [0.15, 0.2) is 11.6 Å². The number of nitrogens with one attached hydrogen (secondary N) is 1. The van der Waals surface area contributed by atoms with E-state index in [4.69, 9.17) is 0 Å². The van der Waals surface area contributed by atoms with Crippen LogP contribution in [0.2, 0.25) is 0 Å². The van der Waals surface area contributed by atoms with Gasteiger partial charge < -0.3 is 10.2 Å². The Kier molecular flexibility index (Phi) is 5.96. The van der Waals surface area contributed by atoms with Crippen LogP contribution in [0.5, 0.6) is 0 Å². The van der Waals surface area contributed by atoms with Gasteiger partial charge in [-0.3, -0.25) is 9.69 Å². The number of halogens is 2. The van der Waals surface area contributed by atoms with E-state index in [1.807, 2.05) is 24.3 Å². The van der Waals surface area contributed by atoms with E-state index < -0.39 is 11.6 Å². The van der Waals surface area contributed by atoms with Crippen molar-refractivity contribution in [3.63, 3.8) is 0 Å². The molecule has 0 radical (unpaired) electrons. The molecule has 1 N–H and O–H groups in total. The molecule has 2 heterocycles. The number of para-hydroxylation sites is 1. The number of nitriles is 1. The third-order valence-corrected chi connectivity index (χ3v) is 5.97. The Morgan fingerprint density at radius 3 is 2.53 bits per heavy atom. The summed E-state index contributed by atoms with van der Waals surface area (Å²) in [5.41, 5.74) is 2.18. The predicted octanol–water partition coefficient (Wildman–Crippen LogP) is 2.85. The molecule has 2 aliphatic heterocycles. The number of nitrogens with zero attached hydrogens (tertiary/aromatic N) is 3. The molecule has 0 aromatic heterocycles. The van der Waals surface area contributed by atoms with Crippen molar-refractivity contribution < 1.29 is 13.6 Å². The molecule has 30 heavy (non-hydrogen) atoms. The van der Waals surface area contributed by atoms with Crippen molar-refractivity contribution in [3.05, 3.63) is 65.2 Å². The zero-order valence-corrected chi connectivity index (χ0v) is 16.7. The van der Waals surface area contributed by atoms with Crippen molar-refractivity contribution in [2.45, 2.75) is 31.3 Å². The summed E-state index contributed by atoms with van der Waals surface area (Å²) in [6, 6.07) is 14.1. The van der Waals surface area contributed by atoms with Gasteiger partial charge in [-0.15, -0.1) is 0 Å². The van der Waals surface area contributed by atoms with Gasteiger partial charge in [-0.05, 0) is 42.7 Å². The number of anilines is 1. The van der Waals surface area contributed by atoms with E-state index in [2.05, 4.69) is 21.2 Å². The molecule has 156 valence electrons. The van der Waals surface area contributed by atoms with Crippen molar-refractivity contribution in [1.82, 2.24) is 10.2 Å². The first-order valence-electron chi connectivity index (χ1n) is 10.2. The van der Waals surface area contributed by atoms with Crippen molar-refractivity contribution in [2.75, 3.05) is 31.1 Å². The van der Waals surface area contributed by atoms with Crippen molar-refractivity contribution in [1.29, 1.82) is 5.26 Å². The van der Waals surface area contributed by atoms with E-state index in [0.29, 0.717) is 17.2 Å². The van der Waals surface area contributed by atoms with E-state index in [1.54, 1.807) is 0 Å². The summed E-state index contributed by atoms with van der Waals surface area (Å²) in [6.07, 6.45) is 2.09. The lowest BCUT2D eigenvalue weighted by Gasteiger charge is -2.47. The molecule has 0 unspecified atom stereocenters. The minimum atomic E-state index is -0.932. The van der Waals surface area contributed by atoms with E-state index in [9.17, 15) is 18.8 Å². The number of carbonyl (C=O) groups is 1. The summed E-state index contributed by atoms with van der Waals surface area (Å²) in [5.74, 6) is -2.01. The Bertz CT molecular complexity index is 960. The maximum atomic E-state index is 13.3. The predicted molar refractivity (Wildman–Crippen MR) is 110 cm³/mol. The lowest BCUT2D eigenvalue weighted by atomic mass is 9.96. The number of carbonyl (C=O) groups excluding carboxylic acids is 1. The second-order valence-corrected chi connectivity index (χ2v) is 7.99. The van der Waals surface area contributed by atoms with Gasteiger partial charge in [-0.25, -0.2) is 8.78 Å². The highest BCUT2D eigenvalue weighted by Gasteiger charge is 2.35. The summed E-state index contributed by atoms with van der Waals surface area (Å²) in [5, 5.41) is 12.3. The van der Waals surface area contributed by atoms with Crippen LogP contribution in [0.4, 0.5) is 14.5 Å². The highest BCUT2D eigenvalue weighted by Crippen LogP contribution is 2.27. The zero-order valence-electron chi connectivity index (χ0n) is 16.7. The van der Waals surface area contributed by atoms with Gasteiger partial charge in [0, 0.05) is 32.2 Å². The molecule has 0 bridgehead atoms. The van der Waals surface area contributed by atoms with E-state index in [-0.39, 0.29) is 18.4 Å². The molecule has 2 aliphatic rings. The summed E-state index contributed by atoms with van der Waals surface area (Å²) in [6.45, 7) is 3.44. The molecule has 2 saturated heterocycles. The van der Waals surface area contributed by atoms with Crippen LogP contribution in [0.15, 0.2) is 42.5 Å². The van der Waals surface area contributed by atoms with Crippen LogP contribution < -0.4 is 10.2 Å². The third kappa shape index (κ3) is 4.44. The van der Waals surface area contributed by atoms with Crippen LogP contribution in [0.1, 0.15) is 24.0 Å². The van der Waals surface area contributed by atoms with Crippen molar-refractivity contribution in [2.24, 2.45) is 0 Å². The molecule has 0 atom stereocenters. The van der Waals surface area contributed by atoms with Gasteiger partial charge in [0.2, 0.25) is 5.91 Å². The van der Waals surface area contributed by atoms with E-state index >= 15 is 0 Å². The van der Waals surface area contributed by atoms with Crippen molar-refractivity contribution in [3.8, 4) is 6.07 Å². The number of hydrogen-bond acceptors (Lipinski definition) is 4. The monoisotopic (exact) mass is 410 g/mol. The van der Waals surface area contributed by atoms with Gasteiger partial charge in [0.05, 0.1) is 23.7 Å². The first-order valence-corrected chi connectivity index (χ1v) is 10.2. The highest BCUT2D eigenvalue weighted by molar-refractivity contribution is 5.79. The van der Waals surface area contributed by atoms with Crippen LogP contribution in [0.25, 0.3) is 0 Å². The molecule has 0 aliphatic carbocycles. The fourth-order valence-electron chi connectivity index (χ4n) is 4.33. The number of amides is 1. The molecular weight excluding hydrogens is 386 g/mol. The average molecular weight is 410 g/mol. The SMILES string of the molecule is N#Cc1ccccc1N1CCC(N2CC(NC(=O)Cc3ccc(F)c(F)c3)C2)CC1. The lowest BCUT2D eigenvalue weighted by Crippen LogP contribution is -2.63. The first-order chi connectivity index (χ1) is 14.5. The van der Waals surface area contributed by atoms with Gasteiger partial charge >= 0.3 is 0 Å². The fourth-order valence-corrected chi connectivity index (χ4v) is 4.33. The summed E-state index contributed by atoms with van der Waals surface area (Å²) >= 11 is 0. The normalized spacial score (nSPS) is 18.0. The second-order valence-electron chi connectivity index (χ2n) is 7.99. The Labute approximate surface area is 174 Å². The largest absolute Gasteiger partial charge is 0.370 e. The summed E-state index contributed by atoms with van der Waals surface area (Å²) in [4.78, 5) is 16.8. The summed E-state index contributed by atoms with van der Waals surface area (Å²) in [7, 11) is 0. The summed E-state index contributed by atoms with van der Waals surface area (Å²) < 4.78 is 26.3. The molecule has 0 spiro atoms. The van der Waals surface area contributed by atoms with E-state index in [0.717, 1.165) is 56.8 Å². The minimum Gasteiger partial charge on any atom is -0.370 e. The average Bonchev–Trinajstić information content (AvgIpc) is 2.73. The Balaban J connectivity index is 1.21. The number of benzene rings is 2. The highest BCUT2D eigenvalue weighted by atomic mass is 19.2. The van der Waals surface area contributed by atoms with Gasteiger partial charge in [-0.1, -0.05) is 18.2 Å². The molecule has 5 nitrogen and oxygen atoms in total. The van der Waals surface area contributed by atoms with Crippen molar-refractivity contribution >= 4 is 11.6 Å². The maximum absolute atomic E-state index is 13.3. The molecular formula is C23H24F2N4O. The lowest BCUT2D eigenvalue weighted by molar-refractivity contribution is -0.122. The minimum absolute atomic E-state index is 0.0460. The van der Waals surface area contributed by atoms with Gasteiger partial charge in [0.25, 0.3) is 0 Å². The molecule has 0 saturated carbocycles. The molecule has 7 heteroatoms. The van der Waals surface area contributed by atoms with E-state index in [1.165, 1.54) is 6.07 Å². The quantitative estimate of drug-likeness (QED) is 0.824. The molecule has 4 rings (SSSR count). The Morgan fingerprint density at radius 1 is 1.10 bits per heavy atom. The van der Waals surface area contributed by atoms with Crippen LogP contribution in [0.3, 0.4) is 0 Å². The van der Waals surface area contributed by atoms with Crippen LogP contribution in [0, 0.1) is 23.0 Å². The fraction of sp³-hybridized carbons (Fsp3) is 0.391. The number of likely N-dealkylation sites (tertiary alicyclic amines) is 1. The first kappa shape index (κ1) is 20.3. The smallest absolute Gasteiger partial charge is 0.224 e. The second kappa shape index (κ2) is 8.80. The maximum Gasteiger partial charge on any atom is 0.224 e. The van der Waals surface area contributed by atoms with Crippen LogP contribution >= 0.6 is 0 Å². The molecule has 2 fully saturated rings. The molecule has 2 aromatic carbocycles. The van der Waals surface area contributed by atoms with Gasteiger partial charge in [0.1, 0.15) is 6.07 Å². The molecule has 2 aromatic rings. The Hall–Kier alpha value is -2.98. The number of piperidine rings is 1. The zero-order chi connectivity index (χ0) is 21.1. The van der Waals surface area contributed by atoms with Gasteiger partial charge in [-0.2, -0.15) is 5.26 Å².